The SMILES string of the molecule is CC1C/C=C(c2ccc3c(oc4ccccc43)c2-n2c3ccccc3c3cc4ccccc4cc32)/N=C(c2cccc3ccccc23)\N=C/1c1cccc2c1c1ccccc1n2-c1ccccc1. The van der Waals surface area contributed by atoms with Crippen molar-refractivity contribution in [3.05, 3.63) is 235 Å². The molecule has 3 aromatic heterocycles. The molecule has 1 aliphatic rings. The first kappa shape index (κ1) is 38.5. The summed E-state index contributed by atoms with van der Waals surface area (Å²) in [6.07, 6.45) is 3.05. The van der Waals surface area contributed by atoms with E-state index in [9.17, 15) is 0 Å². The molecule has 0 bridgehead atoms. The zero-order valence-electron chi connectivity index (χ0n) is 37.3. The Morgan fingerprint density at radius 3 is 1.91 bits per heavy atom. The fourth-order valence-corrected chi connectivity index (χ4v) is 11.0. The van der Waals surface area contributed by atoms with Crippen molar-refractivity contribution in [1.82, 2.24) is 9.13 Å². The summed E-state index contributed by atoms with van der Waals surface area (Å²) in [7, 11) is 0. The van der Waals surface area contributed by atoms with E-state index in [1.165, 1.54) is 32.3 Å². The van der Waals surface area contributed by atoms with Gasteiger partial charge in [0.25, 0.3) is 0 Å². The van der Waals surface area contributed by atoms with Crippen molar-refractivity contribution in [3.63, 3.8) is 0 Å². The fourth-order valence-electron chi connectivity index (χ4n) is 11.0. The highest BCUT2D eigenvalue weighted by Crippen LogP contribution is 2.44. The van der Waals surface area contributed by atoms with Crippen molar-refractivity contribution in [1.29, 1.82) is 0 Å². The third kappa shape index (κ3) is 5.82. The lowest BCUT2D eigenvalue weighted by atomic mass is 9.90. The highest BCUT2D eigenvalue weighted by atomic mass is 16.3. The number of hydrogen-bond acceptors (Lipinski definition) is 3. The summed E-state index contributed by atoms with van der Waals surface area (Å²) in [5.74, 6) is 0.690. The Labute approximate surface area is 391 Å². The smallest absolute Gasteiger partial charge is 0.160 e. The van der Waals surface area contributed by atoms with Crippen molar-refractivity contribution in [2.24, 2.45) is 15.9 Å². The Morgan fingerprint density at radius 1 is 0.441 bits per heavy atom. The first-order valence-electron chi connectivity index (χ1n) is 23.5. The number of benzene rings is 10. The molecule has 5 nitrogen and oxygen atoms in total. The molecule has 0 fully saturated rings. The van der Waals surface area contributed by atoms with Crippen molar-refractivity contribution in [2.45, 2.75) is 13.3 Å². The van der Waals surface area contributed by atoms with E-state index in [0.29, 0.717) is 12.3 Å². The van der Waals surface area contributed by atoms with Gasteiger partial charge >= 0.3 is 0 Å². The minimum absolute atomic E-state index is 0.0212. The maximum Gasteiger partial charge on any atom is 0.160 e. The fraction of sp³-hybridized carbons (Fsp3) is 0.0476. The van der Waals surface area contributed by atoms with Crippen LogP contribution < -0.4 is 0 Å². The molecule has 4 heterocycles. The molecule has 1 unspecified atom stereocenters. The third-order valence-corrected chi connectivity index (χ3v) is 14.2. The molecular weight excluding hydrogens is 829 g/mol. The van der Waals surface area contributed by atoms with Crippen molar-refractivity contribution >= 4 is 104 Å². The van der Waals surface area contributed by atoms with E-state index in [4.69, 9.17) is 14.4 Å². The quantitative estimate of drug-likeness (QED) is 0.170. The number of aliphatic imine (C=N–C) groups is 2. The van der Waals surface area contributed by atoms with E-state index >= 15 is 0 Å². The zero-order chi connectivity index (χ0) is 44.9. The summed E-state index contributed by atoms with van der Waals surface area (Å²) in [6, 6.07) is 76.0. The topological polar surface area (TPSA) is 47.7 Å². The number of para-hydroxylation sites is 4. The Kier molecular flexibility index (Phi) is 8.56. The molecule has 1 atom stereocenters. The number of allylic oxidation sites excluding steroid dienone is 1. The highest BCUT2D eigenvalue weighted by Gasteiger charge is 2.27. The van der Waals surface area contributed by atoms with Crippen LogP contribution in [0.2, 0.25) is 0 Å². The summed E-state index contributed by atoms with van der Waals surface area (Å²) in [5, 5.41) is 11.5. The lowest BCUT2D eigenvalue weighted by Gasteiger charge is -2.21. The summed E-state index contributed by atoms with van der Waals surface area (Å²) in [6.45, 7) is 2.32. The van der Waals surface area contributed by atoms with Gasteiger partial charge in [0, 0.05) is 60.6 Å². The van der Waals surface area contributed by atoms with Crippen LogP contribution in [0.3, 0.4) is 0 Å². The Balaban J connectivity index is 1.07. The van der Waals surface area contributed by atoms with Crippen molar-refractivity contribution in [3.8, 4) is 11.4 Å². The lowest BCUT2D eigenvalue weighted by molar-refractivity contribution is 0.666. The molecule has 1 aliphatic heterocycles. The summed E-state index contributed by atoms with van der Waals surface area (Å²) >= 11 is 0. The Bertz CT molecular complexity index is 4310. The second-order valence-corrected chi connectivity index (χ2v) is 18.1. The molecule has 0 amide bonds. The van der Waals surface area contributed by atoms with E-state index < -0.39 is 0 Å². The van der Waals surface area contributed by atoms with Gasteiger partial charge in [0.2, 0.25) is 0 Å². The van der Waals surface area contributed by atoms with E-state index in [-0.39, 0.29) is 5.92 Å². The van der Waals surface area contributed by atoms with Gasteiger partial charge in [0.05, 0.1) is 39.2 Å². The molecule has 320 valence electrons. The summed E-state index contributed by atoms with van der Waals surface area (Å²) < 4.78 is 11.8. The van der Waals surface area contributed by atoms with E-state index in [2.05, 4.69) is 228 Å². The van der Waals surface area contributed by atoms with Gasteiger partial charge in [-0.2, -0.15) is 0 Å². The molecule has 0 radical (unpaired) electrons. The van der Waals surface area contributed by atoms with Crippen LogP contribution >= 0.6 is 0 Å². The van der Waals surface area contributed by atoms with Crippen LogP contribution in [0.4, 0.5) is 0 Å². The molecular formula is C63H42N4O. The maximum atomic E-state index is 7.03. The first-order chi connectivity index (χ1) is 33.7. The number of hydrogen-bond donors (Lipinski definition) is 0. The second kappa shape index (κ2) is 15.1. The molecule has 5 heteroatoms. The van der Waals surface area contributed by atoms with Gasteiger partial charge in [-0.3, -0.25) is 0 Å². The molecule has 0 spiro atoms. The maximum absolute atomic E-state index is 7.03. The van der Waals surface area contributed by atoms with Gasteiger partial charge < -0.3 is 13.6 Å². The van der Waals surface area contributed by atoms with E-state index in [1.54, 1.807) is 0 Å². The van der Waals surface area contributed by atoms with Crippen LogP contribution in [0.5, 0.6) is 0 Å². The van der Waals surface area contributed by atoms with E-state index in [1.807, 2.05) is 6.07 Å². The Hall–Kier alpha value is -8.80. The summed E-state index contributed by atoms with van der Waals surface area (Å²) in [5.41, 5.74) is 13.2. The predicted octanol–water partition coefficient (Wildman–Crippen LogP) is 16.4. The number of nitrogens with zero attached hydrogens (tertiary/aromatic N) is 4. The zero-order valence-corrected chi connectivity index (χ0v) is 37.3. The predicted molar refractivity (Wildman–Crippen MR) is 285 cm³/mol. The largest absolute Gasteiger partial charge is 0.454 e. The molecule has 0 N–H and O–H groups in total. The third-order valence-electron chi connectivity index (χ3n) is 14.2. The molecule has 0 aliphatic carbocycles. The van der Waals surface area contributed by atoms with Gasteiger partial charge in [0.15, 0.2) is 11.4 Å². The van der Waals surface area contributed by atoms with Crippen LogP contribution in [0, 0.1) is 5.92 Å². The van der Waals surface area contributed by atoms with Crippen molar-refractivity contribution in [2.75, 3.05) is 0 Å². The molecule has 13 aromatic rings. The van der Waals surface area contributed by atoms with Crippen LogP contribution in [-0.4, -0.2) is 20.7 Å². The van der Waals surface area contributed by atoms with Gasteiger partial charge in [0.1, 0.15) is 5.58 Å². The number of furan rings is 1. The van der Waals surface area contributed by atoms with Crippen LogP contribution in [0.1, 0.15) is 30.0 Å². The minimum atomic E-state index is 0.0212. The van der Waals surface area contributed by atoms with Crippen molar-refractivity contribution < 1.29 is 4.42 Å². The number of rotatable bonds is 5. The average Bonchev–Trinajstić information content (AvgIpc) is 4.05. The Morgan fingerprint density at radius 2 is 1.07 bits per heavy atom. The van der Waals surface area contributed by atoms with Gasteiger partial charge in [-0.25, -0.2) is 9.98 Å². The second-order valence-electron chi connectivity index (χ2n) is 18.1. The van der Waals surface area contributed by atoms with E-state index in [0.717, 1.165) is 94.3 Å². The van der Waals surface area contributed by atoms with Gasteiger partial charge in [-0.1, -0.05) is 165 Å². The number of aromatic nitrogens is 2. The molecule has 10 aromatic carbocycles. The average molecular weight is 871 g/mol. The van der Waals surface area contributed by atoms with Crippen LogP contribution in [0.25, 0.3) is 104 Å². The minimum Gasteiger partial charge on any atom is -0.454 e. The van der Waals surface area contributed by atoms with Gasteiger partial charge in [-0.05, 0) is 88.6 Å². The normalized spacial score (nSPS) is 16.9. The standard InChI is InChI=1S/C63H42N4O/c1-39-33-36-53(49-35-34-47-46-25-11-14-32-58(46)68-62(47)61(49)67-54-29-12-9-24-45(54)52-37-41-18-5-6-19-42(41)38-57(52)67)64-63(48-27-15-20-40-17-7-8-23-44(40)48)65-60(39)51-28-16-31-56-59(51)50-26-10-13-30-55(50)66(56)43-21-3-2-4-22-43/h2-32,34-39H,33H2,1H3/b53-36+,64-63-,65-60+. The molecule has 0 saturated carbocycles. The number of amidine groups is 1. The monoisotopic (exact) mass is 870 g/mol. The van der Waals surface area contributed by atoms with Gasteiger partial charge in [-0.15, -0.1) is 0 Å². The molecule has 68 heavy (non-hydrogen) atoms. The molecule has 0 saturated heterocycles. The molecule has 14 rings (SSSR count). The van der Waals surface area contributed by atoms with Crippen LogP contribution in [-0.2, 0) is 0 Å². The lowest BCUT2D eigenvalue weighted by Crippen LogP contribution is -2.17. The highest BCUT2D eigenvalue weighted by molar-refractivity contribution is 6.26. The first-order valence-corrected chi connectivity index (χ1v) is 23.5. The summed E-state index contributed by atoms with van der Waals surface area (Å²) in [4.78, 5) is 11.6. The number of fused-ring (bicyclic) bond motifs is 11. The van der Waals surface area contributed by atoms with Crippen LogP contribution in [0.15, 0.2) is 233 Å².